The summed E-state index contributed by atoms with van der Waals surface area (Å²) in [6, 6.07) is 0.423. The summed E-state index contributed by atoms with van der Waals surface area (Å²) >= 11 is 0. The zero-order valence-corrected chi connectivity index (χ0v) is 7.62. The van der Waals surface area contributed by atoms with E-state index in [0.29, 0.717) is 12.7 Å². The fraction of sp³-hybridized carbons (Fsp3) is 0.875. The first kappa shape index (κ1) is 10.4. The van der Waals surface area contributed by atoms with Crippen molar-refractivity contribution in [2.45, 2.75) is 31.7 Å². The number of carboxylic acids is 1. The van der Waals surface area contributed by atoms with Crippen molar-refractivity contribution in [3.63, 3.8) is 0 Å². The van der Waals surface area contributed by atoms with Gasteiger partial charge in [-0.3, -0.25) is 10.6 Å². The molecule has 5 N–H and O–H groups in total. The zero-order valence-electron chi connectivity index (χ0n) is 7.62. The van der Waals surface area contributed by atoms with Crippen LogP contribution in [0.2, 0.25) is 0 Å². The molecule has 0 atom stereocenters. The molecule has 0 spiro atoms. The van der Waals surface area contributed by atoms with E-state index < -0.39 is 5.97 Å². The van der Waals surface area contributed by atoms with E-state index >= 15 is 0 Å². The number of hydrogen-bond acceptors (Lipinski definition) is 4. The van der Waals surface area contributed by atoms with Gasteiger partial charge in [0.25, 0.3) is 0 Å². The van der Waals surface area contributed by atoms with Gasteiger partial charge >= 0.3 is 5.97 Å². The molecular formula is C8H17N3O2. The van der Waals surface area contributed by atoms with E-state index in [1.54, 1.807) is 0 Å². The van der Waals surface area contributed by atoms with Gasteiger partial charge in [0.05, 0.1) is 12.6 Å². The summed E-state index contributed by atoms with van der Waals surface area (Å²) in [5.41, 5.74) is 2.52. The normalized spacial score (nSPS) is 28.7. The van der Waals surface area contributed by atoms with Gasteiger partial charge in [0, 0.05) is 6.04 Å². The van der Waals surface area contributed by atoms with Crippen molar-refractivity contribution in [1.82, 2.24) is 10.7 Å². The van der Waals surface area contributed by atoms with Crippen molar-refractivity contribution in [3.8, 4) is 0 Å². The van der Waals surface area contributed by atoms with Gasteiger partial charge in [0.15, 0.2) is 0 Å². The molecular weight excluding hydrogens is 170 g/mol. The van der Waals surface area contributed by atoms with Crippen molar-refractivity contribution in [3.05, 3.63) is 0 Å². The fourth-order valence-electron chi connectivity index (χ4n) is 1.75. The van der Waals surface area contributed by atoms with Crippen molar-refractivity contribution < 1.29 is 9.90 Å². The molecule has 0 aliphatic heterocycles. The van der Waals surface area contributed by atoms with Crippen LogP contribution in [0.1, 0.15) is 25.7 Å². The standard InChI is InChI=1S/C8H17N3O2/c9-11-5-10-7-3-1-6(2-4-7)8(12)13/h6-7,10-11H,1-5,9H2,(H,12,13). The molecule has 0 bridgehead atoms. The average molecular weight is 187 g/mol. The summed E-state index contributed by atoms with van der Waals surface area (Å²) in [6.07, 6.45) is 3.41. The number of hydrogen-bond donors (Lipinski definition) is 4. The number of carboxylic acid groups (broad SMARTS) is 1. The van der Waals surface area contributed by atoms with Gasteiger partial charge in [-0.05, 0) is 25.7 Å². The lowest BCUT2D eigenvalue weighted by atomic mass is 9.86. The van der Waals surface area contributed by atoms with E-state index in [2.05, 4.69) is 10.7 Å². The first-order chi connectivity index (χ1) is 6.24. The van der Waals surface area contributed by atoms with Crippen LogP contribution in [-0.2, 0) is 4.79 Å². The van der Waals surface area contributed by atoms with Crippen LogP contribution in [0.15, 0.2) is 0 Å². The van der Waals surface area contributed by atoms with E-state index in [-0.39, 0.29) is 5.92 Å². The van der Waals surface area contributed by atoms with Crippen LogP contribution in [-0.4, -0.2) is 23.8 Å². The smallest absolute Gasteiger partial charge is 0.306 e. The lowest BCUT2D eigenvalue weighted by Gasteiger charge is -2.26. The second kappa shape index (κ2) is 5.16. The molecule has 0 saturated heterocycles. The number of aliphatic carboxylic acids is 1. The van der Waals surface area contributed by atoms with Crippen LogP contribution in [0.5, 0.6) is 0 Å². The van der Waals surface area contributed by atoms with Gasteiger partial charge in [-0.25, -0.2) is 5.43 Å². The second-order valence-corrected chi connectivity index (χ2v) is 3.47. The van der Waals surface area contributed by atoms with Gasteiger partial charge in [-0.2, -0.15) is 0 Å². The Hall–Kier alpha value is -0.650. The minimum Gasteiger partial charge on any atom is -0.481 e. The highest BCUT2D eigenvalue weighted by Crippen LogP contribution is 2.23. The maximum atomic E-state index is 10.6. The topological polar surface area (TPSA) is 87.4 Å². The van der Waals surface area contributed by atoms with Crippen LogP contribution >= 0.6 is 0 Å². The van der Waals surface area contributed by atoms with Gasteiger partial charge in [-0.1, -0.05) is 0 Å². The summed E-state index contributed by atoms with van der Waals surface area (Å²) in [4.78, 5) is 10.6. The Kier molecular flexibility index (Phi) is 4.14. The lowest BCUT2D eigenvalue weighted by molar-refractivity contribution is -0.142. The molecule has 13 heavy (non-hydrogen) atoms. The number of rotatable bonds is 4. The van der Waals surface area contributed by atoms with Crippen LogP contribution in [0.25, 0.3) is 0 Å². The molecule has 1 rings (SSSR count). The summed E-state index contributed by atoms with van der Waals surface area (Å²) in [5.74, 6) is 4.32. The Morgan fingerprint density at radius 3 is 2.46 bits per heavy atom. The van der Waals surface area contributed by atoms with Crippen molar-refractivity contribution >= 4 is 5.97 Å². The summed E-state index contributed by atoms with van der Waals surface area (Å²) in [7, 11) is 0. The summed E-state index contributed by atoms with van der Waals surface area (Å²) in [5, 5.41) is 11.9. The maximum Gasteiger partial charge on any atom is 0.306 e. The number of nitrogens with two attached hydrogens (primary N) is 1. The molecule has 0 heterocycles. The number of nitrogens with one attached hydrogen (secondary N) is 2. The molecule has 1 saturated carbocycles. The van der Waals surface area contributed by atoms with Gasteiger partial charge < -0.3 is 10.4 Å². The molecule has 0 aromatic rings. The third kappa shape index (κ3) is 3.30. The third-order valence-corrected chi connectivity index (χ3v) is 2.57. The predicted octanol–water partition coefficient (Wildman–Crippen LogP) is -0.360. The highest BCUT2D eigenvalue weighted by atomic mass is 16.4. The molecule has 0 radical (unpaired) electrons. The van der Waals surface area contributed by atoms with E-state index in [1.165, 1.54) is 0 Å². The Morgan fingerprint density at radius 1 is 1.38 bits per heavy atom. The molecule has 1 aliphatic carbocycles. The molecule has 0 aromatic heterocycles. The van der Waals surface area contributed by atoms with Crippen molar-refractivity contribution in [1.29, 1.82) is 0 Å². The van der Waals surface area contributed by atoms with Gasteiger partial charge in [0.2, 0.25) is 0 Å². The number of carbonyl (C=O) groups is 1. The third-order valence-electron chi connectivity index (χ3n) is 2.57. The predicted molar refractivity (Wildman–Crippen MR) is 48.7 cm³/mol. The highest BCUT2D eigenvalue weighted by Gasteiger charge is 2.25. The Balaban J connectivity index is 2.18. The van der Waals surface area contributed by atoms with E-state index in [4.69, 9.17) is 10.9 Å². The average Bonchev–Trinajstić information content (AvgIpc) is 2.15. The molecule has 1 fully saturated rings. The van der Waals surface area contributed by atoms with Crippen molar-refractivity contribution in [2.75, 3.05) is 6.67 Å². The van der Waals surface area contributed by atoms with Crippen LogP contribution in [0.4, 0.5) is 0 Å². The first-order valence-corrected chi connectivity index (χ1v) is 4.63. The molecule has 5 heteroatoms. The molecule has 0 aromatic carbocycles. The fourth-order valence-corrected chi connectivity index (χ4v) is 1.75. The van der Waals surface area contributed by atoms with Gasteiger partial charge in [-0.15, -0.1) is 0 Å². The number of hydrazine groups is 1. The largest absolute Gasteiger partial charge is 0.481 e. The maximum absolute atomic E-state index is 10.6. The van der Waals surface area contributed by atoms with E-state index in [1.807, 2.05) is 0 Å². The minimum atomic E-state index is -0.657. The zero-order chi connectivity index (χ0) is 9.68. The van der Waals surface area contributed by atoms with Gasteiger partial charge in [0.1, 0.15) is 0 Å². The SMILES string of the molecule is NNCNC1CCC(C(=O)O)CC1. The summed E-state index contributed by atoms with van der Waals surface area (Å²) in [6.45, 7) is 0.586. The first-order valence-electron chi connectivity index (χ1n) is 4.63. The second-order valence-electron chi connectivity index (χ2n) is 3.47. The van der Waals surface area contributed by atoms with Crippen LogP contribution in [0, 0.1) is 5.92 Å². The monoisotopic (exact) mass is 187 g/mol. The molecule has 76 valence electrons. The molecule has 5 nitrogen and oxygen atoms in total. The molecule has 0 amide bonds. The molecule has 1 aliphatic rings. The highest BCUT2D eigenvalue weighted by molar-refractivity contribution is 5.70. The Bertz CT molecular complexity index is 167. The van der Waals surface area contributed by atoms with Crippen LogP contribution < -0.4 is 16.6 Å². The molecule has 0 unspecified atom stereocenters. The summed E-state index contributed by atoms with van der Waals surface area (Å²) < 4.78 is 0. The Morgan fingerprint density at radius 2 is 2.00 bits per heavy atom. The quantitative estimate of drug-likeness (QED) is 0.274. The van der Waals surface area contributed by atoms with Crippen LogP contribution in [0.3, 0.4) is 0 Å². The van der Waals surface area contributed by atoms with E-state index in [9.17, 15) is 4.79 Å². The van der Waals surface area contributed by atoms with E-state index in [0.717, 1.165) is 25.7 Å². The van der Waals surface area contributed by atoms with Crippen molar-refractivity contribution in [2.24, 2.45) is 11.8 Å². The minimum absolute atomic E-state index is 0.135. The Labute approximate surface area is 77.7 Å². The lowest BCUT2D eigenvalue weighted by Crippen LogP contribution is -2.42.